The van der Waals surface area contributed by atoms with E-state index in [9.17, 15) is 0 Å². The number of nitrogens with two attached hydrogens (primary N) is 1. The normalized spacial score (nSPS) is 18.0. The van der Waals surface area contributed by atoms with Gasteiger partial charge in [0.1, 0.15) is 6.10 Å². The van der Waals surface area contributed by atoms with E-state index >= 15 is 0 Å². The van der Waals surface area contributed by atoms with Gasteiger partial charge >= 0.3 is 0 Å². The minimum absolute atomic E-state index is 0.0289. The van der Waals surface area contributed by atoms with Gasteiger partial charge in [0.15, 0.2) is 0 Å². The Balaban J connectivity index is 1.80. The Labute approximate surface area is 99.4 Å². The van der Waals surface area contributed by atoms with Crippen molar-refractivity contribution in [2.45, 2.75) is 25.4 Å². The van der Waals surface area contributed by atoms with Crippen LogP contribution in [0.4, 0.5) is 0 Å². The molecule has 1 aromatic heterocycles. The summed E-state index contributed by atoms with van der Waals surface area (Å²) >= 11 is 7.43. The van der Waals surface area contributed by atoms with Crippen molar-refractivity contribution in [2.75, 3.05) is 13.2 Å². The highest BCUT2D eigenvalue weighted by Gasteiger charge is 2.21. The van der Waals surface area contributed by atoms with Crippen LogP contribution in [0.25, 0.3) is 0 Å². The van der Waals surface area contributed by atoms with Gasteiger partial charge in [-0.05, 0) is 24.5 Å². The Morgan fingerprint density at radius 3 is 2.87 bits per heavy atom. The van der Waals surface area contributed by atoms with Crippen LogP contribution in [-0.4, -0.2) is 13.2 Å². The predicted molar refractivity (Wildman–Crippen MR) is 64.4 cm³/mol. The largest absolute Gasteiger partial charge is 0.371 e. The van der Waals surface area contributed by atoms with Crippen molar-refractivity contribution in [1.29, 1.82) is 0 Å². The van der Waals surface area contributed by atoms with Gasteiger partial charge in [-0.15, -0.1) is 11.3 Å². The van der Waals surface area contributed by atoms with Gasteiger partial charge in [0.25, 0.3) is 0 Å². The Morgan fingerprint density at radius 1 is 1.53 bits per heavy atom. The molecule has 1 saturated carbocycles. The zero-order valence-corrected chi connectivity index (χ0v) is 10.2. The summed E-state index contributed by atoms with van der Waals surface area (Å²) in [5.74, 6) is 0.912. The zero-order chi connectivity index (χ0) is 10.7. The number of halogens is 1. The van der Waals surface area contributed by atoms with Crippen LogP contribution in [0.15, 0.2) is 12.1 Å². The molecule has 0 spiro atoms. The highest BCUT2D eigenvalue weighted by atomic mass is 35.5. The predicted octanol–water partition coefficient (Wildman–Crippen LogP) is 3.22. The third kappa shape index (κ3) is 3.45. The summed E-state index contributed by atoms with van der Waals surface area (Å²) in [6.07, 6.45) is 3.96. The lowest BCUT2D eigenvalue weighted by atomic mass is 10.3. The SMILES string of the molecule is NCC(OCCC1CC1)c1ccc(Cl)s1. The molecule has 84 valence electrons. The molecule has 0 aliphatic heterocycles. The van der Waals surface area contributed by atoms with Gasteiger partial charge in [0, 0.05) is 18.0 Å². The molecule has 0 saturated heterocycles. The zero-order valence-electron chi connectivity index (χ0n) is 8.62. The highest BCUT2D eigenvalue weighted by Crippen LogP contribution is 2.33. The summed E-state index contributed by atoms with van der Waals surface area (Å²) < 4.78 is 6.57. The minimum atomic E-state index is 0.0289. The average molecular weight is 246 g/mol. The number of hydrogen-bond acceptors (Lipinski definition) is 3. The number of thiophene rings is 1. The molecular weight excluding hydrogens is 230 g/mol. The Hall–Kier alpha value is -0.0900. The summed E-state index contributed by atoms with van der Waals surface area (Å²) in [5.41, 5.74) is 5.69. The second-order valence-corrected chi connectivity index (χ2v) is 5.72. The monoisotopic (exact) mass is 245 g/mol. The fraction of sp³-hybridized carbons (Fsp3) is 0.636. The molecule has 1 aromatic rings. The van der Waals surface area contributed by atoms with E-state index in [2.05, 4.69) is 0 Å². The van der Waals surface area contributed by atoms with Crippen molar-refractivity contribution in [3.63, 3.8) is 0 Å². The molecular formula is C11H16ClNOS. The molecule has 1 atom stereocenters. The minimum Gasteiger partial charge on any atom is -0.371 e. The van der Waals surface area contributed by atoms with E-state index in [1.807, 2.05) is 12.1 Å². The van der Waals surface area contributed by atoms with Gasteiger partial charge in [-0.1, -0.05) is 24.4 Å². The lowest BCUT2D eigenvalue weighted by Crippen LogP contribution is -2.15. The summed E-state index contributed by atoms with van der Waals surface area (Å²) in [7, 11) is 0. The maximum absolute atomic E-state index is 5.88. The topological polar surface area (TPSA) is 35.2 Å². The fourth-order valence-corrected chi connectivity index (χ4v) is 2.67. The van der Waals surface area contributed by atoms with Crippen LogP contribution >= 0.6 is 22.9 Å². The highest BCUT2D eigenvalue weighted by molar-refractivity contribution is 7.16. The summed E-state index contributed by atoms with van der Waals surface area (Å²) in [5, 5.41) is 0. The molecule has 2 N–H and O–H groups in total. The van der Waals surface area contributed by atoms with E-state index in [0.717, 1.165) is 21.7 Å². The van der Waals surface area contributed by atoms with Gasteiger partial charge < -0.3 is 10.5 Å². The second kappa shape index (κ2) is 5.30. The lowest BCUT2D eigenvalue weighted by molar-refractivity contribution is 0.0568. The average Bonchev–Trinajstić information content (AvgIpc) is 2.96. The van der Waals surface area contributed by atoms with E-state index in [1.165, 1.54) is 19.3 Å². The first-order chi connectivity index (χ1) is 7.29. The van der Waals surface area contributed by atoms with Crippen molar-refractivity contribution >= 4 is 22.9 Å². The van der Waals surface area contributed by atoms with E-state index in [4.69, 9.17) is 22.1 Å². The van der Waals surface area contributed by atoms with Crippen molar-refractivity contribution in [2.24, 2.45) is 11.7 Å². The first-order valence-electron chi connectivity index (χ1n) is 5.36. The quantitative estimate of drug-likeness (QED) is 0.835. The molecule has 1 fully saturated rings. The number of hydrogen-bond donors (Lipinski definition) is 1. The second-order valence-electron chi connectivity index (χ2n) is 3.97. The Bertz CT molecular complexity index is 311. The molecule has 2 rings (SSSR count). The third-order valence-electron chi connectivity index (χ3n) is 2.67. The van der Waals surface area contributed by atoms with Crippen molar-refractivity contribution in [3.05, 3.63) is 21.3 Å². The van der Waals surface area contributed by atoms with Crippen LogP contribution in [0, 0.1) is 5.92 Å². The van der Waals surface area contributed by atoms with Crippen LogP contribution in [0.5, 0.6) is 0 Å². The molecule has 4 heteroatoms. The van der Waals surface area contributed by atoms with Gasteiger partial charge in [-0.2, -0.15) is 0 Å². The van der Waals surface area contributed by atoms with Crippen molar-refractivity contribution < 1.29 is 4.74 Å². The molecule has 0 bridgehead atoms. The molecule has 1 heterocycles. The van der Waals surface area contributed by atoms with Crippen molar-refractivity contribution in [3.8, 4) is 0 Å². The molecule has 1 unspecified atom stereocenters. The van der Waals surface area contributed by atoms with E-state index < -0.39 is 0 Å². The third-order valence-corrected chi connectivity index (χ3v) is 3.99. The lowest BCUT2D eigenvalue weighted by Gasteiger charge is -2.13. The maximum Gasteiger partial charge on any atom is 0.104 e. The van der Waals surface area contributed by atoms with E-state index in [0.29, 0.717) is 6.54 Å². The smallest absolute Gasteiger partial charge is 0.104 e. The number of ether oxygens (including phenoxy) is 1. The summed E-state index contributed by atoms with van der Waals surface area (Å²) in [4.78, 5) is 1.14. The molecule has 0 aromatic carbocycles. The molecule has 0 amide bonds. The fourth-order valence-electron chi connectivity index (χ4n) is 1.55. The van der Waals surface area contributed by atoms with Crippen LogP contribution < -0.4 is 5.73 Å². The molecule has 15 heavy (non-hydrogen) atoms. The Morgan fingerprint density at radius 2 is 2.33 bits per heavy atom. The van der Waals surface area contributed by atoms with E-state index in [1.54, 1.807) is 11.3 Å². The van der Waals surface area contributed by atoms with Gasteiger partial charge in [-0.3, -0.25) is 0 Å². The van der Waals surface area contributed by atoms with Crippen LogP contribution in [-0.2, 0) is 4.74 Å². The maximum atomic E-state index is 5.88. The van der Waals surface area contributed by atoms with Crippen LogP contribution in [0.2, 0.25) is 4.34 Å². The first-order valence-corrected chi connectivity index (χ1v) is 6.56. The van der Waals surface area contributed by atoms with Crippen molar-refractivity contribution in [1.82, 2.24) is 0 Å². The van der Waals surface area contributed by atoms with E-state index in [-0.39, 0.29) is 6.10 Å². The summed E-state index contributed by atoms with van der Waals surface area (Å²) in [6, 6.07) is 3.90. The van der Waals surface area contributed by atoms with Crippen LogP contribution in [0.1, 0.15) is 30.2 Å². The molecule has 0 radical (unpaired) electrons. The molecule has 2 nitrogen and oxygen atoms in total. The Kier molecular flexibility index (Phi) is 4.03. The standard InChI is InChI=1S/C11H16ClNOS/c12-11-4-3-10(15-11)9(7-13)14-6-5-8-1-2-8/h3-4,8-9H,1-2,5-7,13H2. The molecule has 1 aliphatic carbocycles. The molecule has 1 aliphatic rings. The van der Waals surface area contributed by atoms with Gasteiger partial charge in [0.2, 0.25) is 0 Å². The first kappa shape index (κ1) is 11.4. The number of rotatable bonds is 6. The van der Waals surface area contributed by atoms with Gasteiger partial charge in [-0.25, -0.2) is 0 Å². The summed E-state index contributed by atoms with van der Waals surface area (Å²) in [6.45, 7) is 1.35. The van der Waals surface area contributed by atoms with Gasteiger partial charge in [0.05, 0.1) is 4.34 Å². The van der Waals surface area contributed by atoms with Crippen LogP contribution in [0.3, 0.4) is 0 Å².